The standard InChI is InChI=1S/C30H30N4O2/c1-19-9-15-25-26(18-19)33-30(32-25)27-8-5-17-34(27)28(35)16-14-23-22-6-3-4-7-24(22)31-29(23)20-10-12-21(36-2)13-11-20/h3-4,6-7,9-13,15,18,27,31H,5,8,14,16-17H2,1-2H3,(H,32,33). The average Bonchev–Trinajstić information content (AvgIpc) is 3.63. The molecule has 6 rings (SSSR count). The number of fused-ring (bicyclic) bond motifs is 2. The van der Waals surface area contributed by atoms with Crippen molar-refractivity contribution in [1.29, 1.82) is 0 Å². The molecule has 1 atom stereocenters. The van der Waals surface area contributed by atoms with Crippen molar-refractivity contribution in [2.24, 2.45) is 0 Å². The molecule has 0 saturated carbocycles. The number of methoxy groups -OCH3 is 1. The van der Waals surface area contributed by atoms with Gasteiger partial charge >= 0.3 is 0 Å². The number of H-pyrrole nitrogens is 2. The molecular weight excluding hydrogens is 448 g/mol. The van der Waals surface area contributed by atoms with Gasteiger partial charge in [0.05, 0.1) is 24.2 Å². The van der Waals surface area contributed by atoms with Crippen LogP contribution in [0.3, 0.4) is 0 Å². The number of carbonyl (C=O) groups is 1. The fraction of sp³-hybridized carbons (Fsp3) is 0.267. The summed E-state index contributed by atoms with van der Waals surface area (Å²) in [7, 11) is 1.67. The van der Waals surface area contributed by atoms with Crippen molar-refractivity contribution in [1.82, 2.24) is 19.9 Å². The van der Waals surface area contributed by atoms with Crippen molar-refractivity contribution < 1.29 is 9.53 Å². The predicted octanol–water partition coefficient (Wildman–Crippen LogP) is 6.32. The number of rotatable bonds is 6. The fourth-order valence-electron chi connectivity index (χ4n) is 5.49. The highest BCUT2D eigenvalue weighted by Gasteiger charge is 2.32. The van der Waals surface area contributed by atoms with E-state index < -0.39 is 0 Å². The third kappa shape index (κ3) is 4.02. The molecule has 2 aromatic heterocycles. The summed E-state index contributed by atoms with van der Waals surface area (Å²) in [5.41, 5.74) is 7.61. The lowest BCUT2D eigenvalue weighted by molar-refractivity contribution is -0.132. The summed E-state index contributed by atoms with van der Waals surface area (Å²) in [5, 5.41) is 1.17. The first-order valence-corrected chi connectivity index (χ1v) is 12.6. The van der Waals surface area contributed by atoms with Gasteiger partial charge in [-0.1, -0.05) is 24.3 Å². The van der Waals surface area contributed by atoms with Crippen LogP contribution in [0.2, 0.25) is 0 Å². The number of aromatic nitrogens is 3. The minimum atomic E-state index is 0.00855. The van der Waals surface area contributed by atoms with E-state index in [1.807, 2.05) is 29.2 Å². The highest BCUT2D eigenvalue weighted by Crippen LogP contribution is 2.35. The number of para-hydroxylation sites is 1. The molecule has 0 aliphatic carbocycles. The van der Waals surface area contributed by atoms with Crippen LogP contribution >= 0.6 is 0 Å². The monoisotopic (exact) mass is 478 g/mol. The third-order valence-electron chi connectivity index (χ3n) is 7.33. The van der Waals surface area contributed by atoms with Gasteiger partial charge in [-0.05, 0) is 85.3 Å². The van der Waals surface area contributed by atoms with Crippen LogP contribution in [0, 0.1) is 6.92 Å². The Morgan fingerprint density at radius 1 is 1.06 bits per heavy atom. The molecule has 36 heavy (non-hydrogen) atoms. The summed E-state index contributed by atoms with van der Waals surface area (Å²) in [5.74, 6) is 1.90. The molecular formula is C30H30N4O2. The van der Waals surface area contributed by atoms with Gasteiger partial charge in [-0.25, -0.2) is 4.98 Å². The number of likely N-dealkylation sites (tertiary alicyclic amines) is 1. The maximum atomic E-state index is 13.5. The molecule has 0 radical (unpaired) electrons. The zero-order chi connectivity index (χ0) is 24.6. The molecule has 3 aromatic carbocycles. The van der Waals surface area contributed by atoms with Gasteiger partial charge in [0, 0.05) is 29.6 Å². The van der Waals surface area contributed by atoms with E-state index >= 15 is 0 Å². The zero-order valence-electron chi connectivity index (χ0n) is 20.7. The molecule has 0 spiro atoms. The second kappa shape index (κ2) is 9.19. The van der Waals surface area contributed by atoms with Crippen molar-refractivity contribution in [3.05, 3.63) is 83.7 Å². The Kier molecular flexibility index (Phi) is 5.72. The Morgan fingerprint density at radius 2 is 1.89 bits per heavy atom. The summed E-state index contributed by atoms with van der Waals surface area (Å²) in [6, 6.07) is 22.6. The number of nitrogens with zero attached hydrogens (tertiary/aromatic N) is 2. The van der Waals surface area contributed by atoms with Gasteiger partial charge in [0.1, 0.15) is 11.6 Å². The topological polar surface area (TPSA) is 74.0 Å². The number of ether oxygens (including phenoxy) is 1. The SMILES string of the molecule is COc1ccc(-c2[nH]c3ccccc3c2CCC(=O)N2CCCC2c2nc3ccc(C)cc3[nH]2)cc1. The molecule has 0 bridgehead atoms. The first kappa shape index (κ1) is 22.4. The summed E-state index contributed by atoms with van der Waals surface area (Å²) >= 11 is 0. The highest BCUT2D eigenvalue weighted by molar-refractivity contribution is 5.91. The van der Waals surface area contributed by atoms with E-state index in [-0.39, 0.29) is 11.9 Å². The van der Waals surface area contributed by atoms with Crippen LogP contribution in [0.25, 0.3) is 33.2 Å². The van der Waals surface area contributed by atoms with Gasteiger partial charge < -0.3 is 19.6 Å². The maximum absolute atomic E-state index is 13.5. The van der Waals surface area contributed by atoms with Crippen LogP contribution in [-0.2, 0) is 11.2 Å². The molecule has 3 heterocycles. The minimum absolute atomic E-state index is 0.00855. The number of imidazole rings is 1. The molecule has 5 aromatic rings. The summed E-state index contributed by atoms with van der Waals surface area (Å²) in [6.07, 6.45) is 3.07. The molecule has 182 valence electrons. The lowest BCUT2D eigenvalue weighted by atomic mass is 10.0. The van der Waals surface area contributed by atoms with Crippen LogP contribution in [0.4, 0.5) is 0 Å². The molecule has 1 amide bonds. The van der Waals surface area contributed by atoms with E-state index in [4.69, 9.17) is 9.72 Å². The Morgan fingerprint density at radius 3 is 2.72 bits per heavy atom. The molecule has 2 N–H and O–H groups in total. The Hall–Kier alpha value is -4.06. The number of aromatic amines is 2. The van der Waals surface area contributed by atoms with Gasteiger partial charge in [-0.15, -0.1) is 0 Å². The predicted molar refractivity (Wildman–Crippen MR) is 143 cm³/mol. The number of aryl methyl sites for hydroxylation is 2. The Bertz CT molecular complexity index is 1550. The van der Waals surface area contributed by atoms with Crippen LogP contribution in [0.15, 0.2) is 66.7 Å². The van der Waals surface area contributed by atoms with Crippen LogP contribution < -0.4 is 4.74 Å². The van der Waals surface area contributed by atoms with Gasteiger partial charge in [-0.3, -0.25) is 4.79 Å². The molecule has 1 aliphatic rings. The second-order valence-electron chi connectivity index (χ2n) is 9.64. The third-order valence-corrected chi connectivity index (χ3v) is 7.33. The summed E-state index contributed by atoms with van der Waals surface area (Å²) in [6.45, 7) is 2.86. The van der Waals surface area contributed by atoms with Gasteiger partial charge in [0.25, 0.3) is 0 Å². The van der Waals surface area contributed by atoms with E-state index in [9.17, 15) is 4.79 Å². The number of carbonyl (C=O) groups excluding carboxylic acids is 1. The average molecular weight is 479 g/mol. The molecule has 1 aliphatic heterocycles. The van der Waals surface area contributed by atoms with Crippen molar-refractivity contribution in [2.75, 3.05) is 13.7 Å². The summed E-state index contributed by atoms with van der Waals surface area (Å²) < 4.78 is 5.33. The zero-order valence-corrected chi connectivity index (χ0v) is 20.7. The number of hydrogen-bond acceptors (Lipinski definition) is 3. The number of nitrogens with one attached hydrogen (secondary N) is 2. The lowest BCUT2D eigenvalue weighted by Crippen LogP contribution is -2.31. The number of hydrogen-bond donors (Lipinski definition) is 2. The van der Waals surface area contributed by atoms with Crippen molar-refractivity contribution in [2.45, 2.75) is 38.6 Å². The normalized spacial score (nSPS) is 15.7. The van der Waals surface area contributed by atoms with Gasteiger partial charge in [-0.2, -0.15) is 0 Å². The molecule has 1 unspecified atom stereocenters. The van der Waals surface area contributed by atoms with E-state index in [2.05, 4.69) is 59.4 Å². The number of amides is 1. The lowest BCUT2D eigenvalue weighted by Gasteiger charge is -2.23. The second-order valence-corrected chi connectivity index (χ2v) is 9.64. The first-order chi connectivity index (χ1) is 17.6. The van der Waals surface area contributed by atoms with Crippen LogP contribution in [0.1, 0.15) is 42.3 Å². The molecule has 6 heteroatoms. The Labute approximate surface area is 210 Å². The van der Waals surface area contributed by atoms with Crippen LogP contribution in [0.5, 0.6) is 5.75 Å². The van der Waals surface area contributed by atoms with Crippen molar-refractivity contribution in [3.63, 3.8) is 0 Å². The fourth-order valence-corrected chi connectivity index (χ4v) is 5.49. The minimum Gasteiger partial charge on any atom is -0.497 e. The smallest absolute Gasteiger partial charge is 0.223 e. The van der Waals surface area contributed by atoms with Crippen molar-refractivity contribution in [3.8, 4) is 17.0 Å². The van der Waals surface area contributed by atoms with Gasteiger partial charge in [0.2, 0.25) is 5.91 Å². The maximum Gasteiger partial charge on any atom is 0.223 e. The molecule has 1 saturated heterocycles. The first-order valence-electron chi connectivity index (χ1n) is 12.6. The van der Waals surface area contributed by atoms with Crippen LogP contribution in [-0.4, -0.2) is 39.4 Å². The van der Waals surface area contributed by atoms with E-state index in [0.717, 1.165) is 58.8 Å². The van der Waals surface area contributed by atoms with Gasteiger partial charge in [0.15, 0.2) is 0 Å². The van der Waals surface area contributed by atoms with E-state index in [1.165, 1.54) is 16.5 Å². The van der Waals surface area contributed by atoms with E-state index in [1.54, 1.807) is 7.11 Å². The largest absolute Gasteiger partial charge is 0.497 e. The molecule has 6 nitrogen and oxygen atoms in total. The molecule has 1 fully saturated rings. The van der Waals surface area contributed by atoms with Crippen molar-refractivity contribution >= 4 is 27.8 Å². The Balaban J connectivity index is 1.26. The highest BCUT2D eigenvalue weighted by atomic mass is 16.5. The number of benzene rings is 3. The van der Waals surface area contributed by atoms with E-state index in [0.29, 0.717) is 12.8 Å². The summed E-state index contributed by atoms with van der Waals surface area (Å²) in [4.78, 5) is 27.4. The quantitative estimate of drug-likeness (QED) is 0.300.